The fraction of sp³-hybridized carbons (Fsp3) is 0.706. The van der Waals surface area contributed by atoms with E-state index in [2.05, 4.69) is 22.5 Å². The largest absolute Gasteiger partial charge is 0.467 e. The molecule has 260 valence electrons. The number of carbonyl (C=O) groups excluding carboxylic acids is 5. The highest BCUT2D eigenvalue weighted by molar-refractivity contribution is 7.99. The maximum absolute atomic E-state index is 13.0. The number of hydrogen-bond acceptors (Lipinski definition) is 10. The zero-order valence-corrected chi connectivity index (χ0v) is 28.8. The number of unbranched alkanes of at least 4 members (excludes halogenated alkanes) is 12. The number of hydrogen-bond donors (Lipinski definition) is 2. The monoisotopic (exact) mass is 665 g/mol. The summed E-state index contributed by atoms with van der Waals surface area (Å²) in [7, 11) is 1.18. The molecule has 1 heterocycles. The maximum atomic E-state index is 13.0. The van der Waals surface area contributed by atoms with Crippen LogP contribution in [0.15, 0.2) is 24.5 Å². The summed E-state index contributed by atoms with van der Waals surface area (Å²) in [6.45, 7) is 3.58. The average molecular weight is 666 g/mol. The average Bonchev–Trinajstić information content (AvgIpc) is 3.05. The number of nitrogens with zero attached hydrogens (tertiary/aromatic N) is 1. The molecule has 0 bridgehead atoms. The summed E-state index contributed by atoms with van der Waals surface area (Å²) in [5, 5.41) is 5.16. The van der Waals surface area contributed by atoms with Gasteiger partial charge in [-0.2, -0.15) is 11.8 Å². The molecule has 0 saturated carbocycles. The van der Waals surface area contributed by atoms with Gasteiger partial charge in [-0.1, -0.05) is 84.0 Å². The zero-order valence-electron chi connectivity index (χ0n) is 28.0. The molecule has 0 aliphatic rings. The van der Waals surface area contributed by atoms with Crippen LogP contribution in [0.25, 0.3) is 0 Å². The Hall–Kier alpha value is -3.15. The standard InChI is InChI=1S/C34H55N3O8S/c1-4-5-6-7-8-9-10-11-12-13-14-15-16-19-31(39)44-23-24-46-26-30(36-27(2)38)32(40)37-29(34(42)43-3)20-22-45-33(41)28-18-17-21-35-25-28/h17-18,21,25,29-30H,4-16,19-20,22-24,26H2,1-3H3,(H,36,38)(H,37,40)/t29-,30-/m0/s1. The lowest BCUT2D eigenvalue weighted by Crippen LogP contribution is -2.52. The fourth-order valence-corrected chi connectivity index (χ4v) is 5.54. The van der Waals surface area contributed by atoms with E-state index in [-0.39, 0.29) is 36.9 Å². The molecule has 0 fully saturated rings. The molecule has 0 aromatic carbocycles. The fourth-order valence-electron chi connectivity index (χ4n) is 4.70. The van der Waals surface area contributed by atoms with Gasteiger partial charge in [0.2, 0.25) is 11.8 Å². The lowest BCUT2D eigenvalue weighted by atomic mass is 10.0. The number of methoxy groups -OCH3 is 1. The molecule has 0 aliphatic carbocycles. The van der Waals surface area contributed by atoms with Gasteiger partial charge in [0.15, 0.2) is 0 Å². The van der Waals surface area contributed by atoms with Crippen LogP contribution in [0.3, 0.4) is 0 Å². The molecular formula is C34H55N3O8S. The first-order valence-corrected chi connectivity index (χ1v) is 17.9. The molecule has 2 N–H and O–H groups in total. The van der Waals surface area contributed by atoms with Gasteiger partial charge in [0.25, 0.3) is 0 Å². The van der Waals surface area contributed by atoms with Crippen molar-refractivity contribution in [2.75, 3.05) is 31.8 Å². The summed E-state index contributed by atoms with van der Waals surface area (Å²) < 4.78 is 15.3. The minimum atomic E-state index is -1.09. The van der Waals surface area contributed by atoms with Crippen LogP contribution in [0.1, 0.15) is 121 Å². The summed E-state index contributed by atoms with van der Waals surface area (Å²) in [6.07, 6.45) is 19.4. The molecule has 0 saturated heterocycles. The first-order chi connectivity index (χ1) is 22.3. The van der Waals surface area contributed by atoms with Crippen LogP contribution in [0.5, 0.6) is 0 Å². The minimum Gasteiger partial charge on any atom is -0.467 e. The molecule has 2 amide bonds. The SMILES string of the molecule is CCCCCCCCCCCCCCCC(=O)OCCSC[C@H](NC(C)=O)C(=O)N[C@@H](CCOC(=O)c1cccnc1)C(=O)OC. The molecule has 0 unspecified atom stereocenters. The Labute approximate surface area is 279 Å². The zero-order chi connectivity index (χ0) is 33.8. The second-order valence-electron chi connectivity index (χ2n) is 11.3. The summed E-state index contributed by atoms with van der Waals surface area (Å²) in [5.41, 5.74) is 0.258. The van der Waals surface area contributed by atoms with Gasteiger partial charge >= 0.3 is 17.9 Å². The number of rotatable bonds is 27. The van der Waals surface area contributed by atoms with Crippen molar-refractivity contribution in [3.8, 4) is 0 Å². The van der Waals surface area contributed by atoms with Crippen molar-refractivity contribution in [1.29, 1.82) is 0 Å². The van der Waals surface area contributed by atoms with Crippen molar-refractivity contribution < 1.29 is 38.2 Å². The van der Waals surface area contributed by atoms with E-state index in [1.165, 1.54) is 102 Å². The van der Waals surface area contributed by atoms with Crippen molar-refractivity contribution >= 4 is 41.5 Å². The number of thioether (sulfide) groups is 1. The summed E-state index contributed by atoms with van der Waals surface area (Å²) >= 11 is 1.34. The molecule has 1 aromatic rings. The smallest absolute Gasteiger partial charge is 0.339 e. The van der Waals surface area contributed by atoms with E-state index in [0.29, 0.717) is 12.2 Å². The highest BCUT2D eigenvalue weighted by Gasteiger charge is 2.27. The third kappa shape index (κ3) is 20.8. The third-order valence-electron chi connectivity index (χ3n) is 7.29. The van der Waals surface area contributed by atoms with Gasteiger partial charge in [0, 0.05) is 43.7 Å². The maximum Gasteiger partial charge on any atom is 0.339 e. The van der Waals surface area contributed by atoms with E-state index in [0.717, 1.165) is 19.3 Å². The first-order valence-electron chi connectivity index (χ1n) is 16.7. The second kappa shape index (κ2) is 27.0. The van der Waals surface area contributed by atoms with Crippen molar-refractivity contribution in [3.63, 3.8) is 0 Å². The van der Waals surface area contributed by atoms with Gasteiger partial charge in [0.05, 0.1) is 19.3 Å². The van der Waals surface area contributed by atoms with E-state index >= 15 is 0 Å². The number of ether oxygens (including phenoxy) is 3. The van der Waals surface area contributed by atoms with Crippen molar-refractivity contribution in [1.82, 2.24) is 15.6 Å². The topological polar surface area (TPSA) is 150 Å². The molecule has 2 atom stereocenters. The van der Waals surface area contributed by atoms with E-state index in [1.807, 2.05) is 0 Å². The number of aromatic nitrogens is 1. The second-order valence-corrected chi connectivity index (χ2v) is 12.4. The van der Waals surface area contributed by atoms with Gasteiger partial charge < -0.3 is 24.8 Å². The van der Waals surface area contributed by atoms with Gasteiger partial charge in [-0.15, -0.1) is 0 Å². The van der Waals surface area contributed by atoms with Gasteiger partial charge in [-0.3, -0.25) is 19.4 Å². The Morgan fingerprint density at radius 1 is 0.826 bits per heavy atom. The van der Waals surface area contributed by atoms with Crippen LogP contribution in [0.4, 0.5) is 0 Å². The Kier molecular flexibility index (Phi) is 24.0. The predicted octanol–water partition coefficient (Wildman–Crippen LogP) is 5.55. The van der Waals surface area contributed by atoms with E-state index in [9.17, 15) is 24.0 Å². The normalized spacial score (nSPS) is 12.1. The number of nitrogens with one attached hydrogen (secondary N) is 2. The highest BCUT2D eigenvalue weighted by atomic mass is 32.2. The summed E-state index contributed by atoms with van der Waals surface area (Å²) in [6, 6.07) is 1.12. The Morgan fingerprint density at radius 2 is 1.46 bits per heavy atom. The summed E-state index contributed by atoms with van der Waals surface area (Å²) in [4.78, 5) is 65.1. The van der Waals surface area contributed by atoms with Gasteiger partial charge in [-0.05, 0) is 18.6 Å². The Bertz CT molecular complexity index is 1010. The van der Waals surface area contributed by atoms with Crippen LogP contribution < -0.4 is 10.6 Å². The van der Waals surface area contributed by atoms with Crippen molar-refractivity contribution in [3.05, 3.63) is 30.1 Å². The number of esters is 3. The van der Waals surface area contributed by atoms with Crippen LogP contribution >= 0.6 is 11.8 Å². The quantitative estimate of drug-likeness (QED) is 0.0696. The van der Waals surface area contributed by atoms with E-state index in [4.69, 9.17) is 14.2 Å². The molecule has 12 heteroatoms. The minimum absolute atomic E-state index is 0.0282. The number of pyridine rings is 1. The molecule has 46 heavy (non-hydrogen) atoms. The van der Waals surface area contributed by atoms with Crippen LogP contribution in [0, 0.1) is 0 Å². The van der Waals surface area contributed by atoms with Gasteiger partial charge in [0.1, 0.15) is 18.7 Å². The molecule has 0 spiro atoms. The molecule has 0 radical (unpaired) electrons. The molecular weight excluding hydrogens is 610 g/mol. The molecule has 11 nitrogen and oxygen atoms in total. The Balaban J connectivity index is 2.26. The van der Waals surface area contributed by atoms with E-state index in [1.54, 1.807) is 12.1 Å². The third-order valence-corrected chi connectivity index (χ3v) is 8.32. The predicted molar refractivity (Wildman–Crippen MR) is 179 cm³/mol. The van der Waals surface area contributed by atoms with Crippen molar-refractivity contribution in [2.45, 2.75) is 122 Å². The number of carbonyl (C=O) groups is 5. The number of amides is 2. The van der Waals surface area contributed by atoms with Gasteiger partial charge in [-0.25, -0.2) is 9.59 Å². The summed E-state index contributed by atoms with van der Waals surface area (Å²) in [5.74, 6) is -1.91. The lowest BCUT2D eigenvalue weighted by molar-refractivity contribution is -0.145. The highest BCUT2D eigenvalue weighted by Crippen LogP contribution is 2.13. The molecule has 1 rings (SSSR count). The van der Waals surface area contributed by atoms with Crippen LogP contribution in [-0.2, 0) is 33.4 Å². The molecule has 1 aromatic heterocycles. The lowest BCUT2D eigenvalue weighted by Gasteiger charge is -2.21. The molecule has 0 aliphatic heterocycles. The van der Waals surface area contributed by atoms with Crippen molar-refractivity contribution in [2.24, 2.45) is 0 Å². The van der Waals surface area contributed by atoms with E-state index < -0.39 is 35.8 Å². The first kappa shape index (κ1) is 40.9. The Morgan fingerprint density at radius 3 is 2.02 bits per heavy atom. The van der Waals surface area contributed by atoms with Crippen LogP contribution in [0.2, 0.25) is 0 Å². The van der Waals surface area contributed by atoms with Crippen LogP contribution in [-0.4, -0.2) is 78.6 Å².